The van der Waals surface area contributed by atoms with E-state index >= 15 is 0 Å². The molecule has 0 saturated carbocycles. The Morgan fingerprint density at radius 3 is 2.79 bits per heavy atom. The molecule has 0 bridgehead atoms. The zero-order chi connectivity index (χ0) is 13.8. The second kappa shape index (κ2) is 5.34. The van der Waals surface area contributed by atoms with Gasteiger partial charge in [0.15, 0.2) is 0 Å². The highest BCUT2D eigenvalue weighted by molar-refractivity contribution is 5.93. The third kappa shape index (κ3) is 2.79. The van der Waals surface area contributed by atoms with Crippen LogP contribution in [0.2, 0.25) is 0 Å². The average molecular weight is 258 g/mol. The molecule has 6 nitrogen and oxygen atoms in total. The standard InChI is InChI=1S/C13H14N4O2/c1-15-12(18)11-7-10(16-13(14)17-11)8-4-3-5-9(6-8)19-2/h3-7H,1-2H3,(H,15,18)(H2,14,16,17). The molecule has 0 fully saturated rings. The topological polar surface area (TPSA) is 90.1 Å². The lowest BCUT2D eigenvalue weighted by molar-refractivity contribution is 0.0958. The van der Waals surface area contributed by atoms with Gasteiger partial charge in [0.1, 0.15) is 11.4 Å². The number of hydrogen-bond acceptors (Lipinski definition) is 5. The van der Waals surface area contributed by atoms with Crippen molar-refractivity contribution in [2.75, 3.05) is 19.9 Å². The molecule has 1 aromatic carbocycles. The average Bonchev–Trinajstić information content (AvgIpc) is 2.45. The largest absolute Gasteiger partial charge is 0.497 e. The lowest BCUT2D eigenvalue weighted by Crippen LogP contribution is -2.20. The molecule has 0 spiro atoms. The molecule has 0 unspecified atom stereocenters. The number of benzene rings is 1. The van der Waals surface area contributed by atoms with Crippen molar-refractivity contribution in [3.63, 3.8) is 0 Å². The Morgan fingerprint density at radius 2 is 2.11 bits per heavy atom. The van der Waals surface area contributed by atoms with Gasteiger partial charge in [0.25, 0.3) is 5.91 Å². The molecule has 1 amide bonds. The second-order valence-electron chi connectivity index (χ2n) is 3.81. The van der Waals surface area contributed by atoms with E-state index in [2.05, 4.69) is 15.3 Å². The van der Waals surface area contributed by atoms with Crippen LogP contribution in [-0.4, -0.2) is 30.0 Å². The molecule has 2 aromatic rings. The van der Waals surface area contributed by atoms with E-state index in [1.165, 1.54) is 7.05 Å². The Kier molecular flexibility index (Phi) is 3.61. The number of nitrogens with two attached hydrogens (primary N) is 1. The Bertz CT molecular complexity index is 613. The summed E-state index contributed by atoms with van der Waals surface area (Å²) in [6.45, 7) is 0. The van der Waals surface area contributed by atoms with Gasteiger partial charge in [-0.25, -0.2) is 9.97 Å². The van der Waals surface area contributed by atoms with Crippen molar-refractivity contribution in [1.82, 2.24) is 15.3 Å². The molecular formula is C13H14N4O2. The number of methoxy groups -OCH3 is 1. The second-order valence-corrected chi connectivity index (χ2v) is 3.81. The van der Waals surface area contributed by atoms with Gasteiger partial charge in [-0.3, -0.25) is 4.79 Å². The van der Waals surface area contributed by atoms with Gasteiger partial charge < -0.3 is 15.8 Å². The molecule has 3 N–H and O–H groups in total. The third-order valence-corrected chi connectivity index (χ3v) is 2.57. The summed E-state index contributed by atoms with van der Waals surface area (Å²) in [5, 5.41) is 2.50. The van der Waals surface area contributed by atoms with Crippen molar-refractivity contribution in [2.45, 2.75) is 0 Å². The van der Waals surface area contributed by atoms with Crippen LogP contribution in [0.15, 0.2) is 30.3 Å². The quantitative estimate of drug-likeness (QED) is 0.860. The van der Waals surface area contributed by atoms with Crippen LogP contribution in [0.1, 0.15) is 10.5 Å². The van der Waals surface area contributed by atoms with Crippen molar-refractivity contribution in [3.05, 3.63) is 36.0 Å². The molecule has 0 aliphatic carbocycles. The fraction of sp³-hybridized carbons (Fsp3) is 0.154. The molecule has 0 saturated heterocycles. The SMILES string of the molecule is CNC(=O)c1cc(-c2cccc(OC)c2)nc(N)n1. The summed E-state index contributed by atoms with van der Waals surface area (Å²) in [5.41, 5.74) is 7.23. The van der Waals surface area contributed by atoms with Gasteiger partial charge in [0, 0.05) is 12.6 Å². The lowest BCUT2D eigenvalue weighted by atomic mass is 10.1. The highest BCUT2D eigenvalue weighted by Crippen LogP contribution is 2.23. The van der Waals surface area contributed by atoms with E-state index < -0.39 is 0 Å². The van der Waals surface area contributed by atoms with E-state index in [1.54, 1.807) is 13.2 Å². The molecule has 0 aliphatic rings. The molecule has 0 radical (unpaired) electrons. The van der Waals surface area contributed by atoms with E-state index in [-0.39, 0.29) is 17.5 Å². The smallest absolute Gasteiger partial charge is 0.269 e. The predicted octanol–water partition coefficient (Wildman–Crippen LogP) is 1.09. The number of nitrogens with one attached hydrogen (secondary N) is 1. The summed E-state index contributed by atoms with van der Waals surface area (Å²) >= 11 is 0. The molecule has 1 heterocycles. The Morgan fingerprint density at radius 1 is 1.32 bits per heavy atom. The van der Waals surface area contributed by atoms with Crippen LogP contribution < -0.4 is 15.8 Å². The first-order chi connectivity index (χ1) is 9.13. The molecule has 98 valence electrons. The normalized spacial score (nSPS) is 10.0. The van der Waals surface area contributed by atoms with Crippen molar-refractivity contribution in [1.29, 1.82) is 0 Å². The van der Waals surface area contributed by atoms with Crippen LogP contribution in [0.4, 0.5) is 5.95 Å². The zero-order valence-corrected chi connectivity index (χ0v) is 10.7. The van der Waals surface area contributed by atoms with Crippen LogP contribution in [0, 0.1) is 0 Å². The van der Waals surface area contributed by atoms with Crippen LogP contribution >= 0.6 is 0 Å². The fourth-order valence-electron chi connectivity index (χ4n) is 1.64. The molecular weight excluding hydrogens is 244 g/mol. The van der Waals surface area contributed by atoms with E-state index in [0.717, 1.165) is 5.56 Å². The Labute approximate surface area is 110 Å². The summed E-state index contributed by atoms with van der Waals surface area (Å²) in [7, 11) is 3.12. The van der Waals surface area contributed by atoms with Crippen LogP contribution in [0.5, 0.6) is 5.75 Å². The Balaban J connectivity index is 2.49. The molecule has 1 aromatic heterocycles. The van der Waals surface area contributed by atoms with E-state index in [4.69, 9.17) is 10.5 Å². The van der Waals surface area contributed by atoms with Crippen LogP contribution in [0.3, 0.4) is 0 Å². The Hall–Kier alpha value is -2.63. The minimum atomic E-state index is -0.307. The van der Waals surface area contributed by atoms with E-state index in [9.17, 15) is 4.79 Å². The first kappa shape index (κ1) is 12.8. The molecule has 2 rings (SSSR count). The summed E-state index contributed by atoms with van der Waals surface area (Å²) in [4.78, 5) is 19.6. The number of nitrogens with zero attached hydrogens (tertiary/aromatic N) is 2. The van der Waals surface area contributed by atoms with E-state index in [0.29, 0.717) is 11.4 Å². The van der Waals surface area contributed by atoms with Gasteiger partial charge in [-0.05, 0) is 18.2 Å². The maximum absolute atomic E-state index is 11.6. The molecule has 19 heavy (non-hydrogen) atoms. The number of carbonyl (C=O) groups is 1. The number of anilines is 1. The van der Waals surface area contributed by atoms with Gasteiger partial charge in [-0.2, -0.15) is 0 Å². The maximum atomic E-state index is 11.6. The minimum Gasteiger partial charge on any atom is -0.497 e. The first-order valence-electron chi connectivity index (χ1n) is 5.65. The van der Waals surface area contributed by atoms with Gasteiger partial charge in [0.2, 0.25) is 5.95 Å². The lowest BCUT2D eigenvalue weighted by Gasteiger charge is -2.06. The van der Waals surface area contributed by atoms with Gasteiger partial charge >= 0.3 is 0 Å². The van der Waals surface area contributed by atoms with Crippen LogP contribution in [0.25, 0.3) is 11.3 Å². The summed E-state index contributed by atoms with van der Waals surface area (Å²) in [6.07, 6.45) is 0. The number of hydrogen-bond donors (Lipinski definition) is 2. The monoisotopic (exact) mass is 258 g/mol. The van der Waals surface area contributed by atoms with Gasteiger partial charge in [-0.1, -0.05) is 12.1 Å². The molecule has 0 aliphatic heterocycles. The van der Waals surface area contributed by atoms with Crippen molar-refractivity contribution >= 4 is 11.9 Å². The van der Waals surface area contributed by atoms with Crippen molar-refractivity contribution in [2.24, 2.45) is 0 Å². The number of amides is 1. The third-order valence-electron chi connectivity index (χ3n) is 2.57. The molecule has 6 heteroatoms. The highest BCUT2D eigenvalue weighted by atomic mass is 16.5. The van der Waals surface area contributed by atoms with Crippen molar-refractivity contribution < 1.29 is 9.53 Å². The summed E-state index contributed by atoms with van der Waals surface area (Å²) in [5.74, 6) is 0.452. The maximum Gasteiger partial charge on any atom is 0.269 e. The highest BCUT2D eigenvalue weighted by Gasteiger charge is 2.10. The number of aromatic nitrogens is 2. The van der Waals surface area contributed by atoms with Gasteiger partial charge in [-0.15, -0.1) is 0 Å². The summed E-state index contributed by atoms with van der Waals surface area (Å²) < 4.78 is 5.15. The van der Waals surface area contributed by atoms with E-state index in [1.807, 2.05) is 24.3 Å². The number of rotatable bonds is 3. The zero-order valence-electron chi connectivity index (χ0n) is 10.7. The predicted molar refractivity (Wildman–Crippen MR) is 71.8 cm³/mol. The fourth-order valence-corrected chi connectivity index (χ4v) is 1.64. The van der Waals surface area contributed by atoms with Crippen LogP contribution in [-0.2, 0) is 0 Å². The number of nitrogen functional groups attached to an aromatic ring is 1. The summed E-state index contributed by atoms with van der Waals surface area (Å²) in [6, 6.07) is 8.93. The number of ether oxygens (including phenoxy) is 1. The van der Waals surface area contributed by atoms with Gasteiger partial charge in [0.05, 0.1) is 12.8 Å². The number of carbonyl (C=O) groups excluding carboxylic acids is 1. The first-order valence-corrected chi connectivity index (χ1v) is 5.65. The van der Waals surface area contributed by atoms with Crippen molar-refractivity contribution in [3.8, 4) is 17.0 Å². The minimum absolute atomic E-state index is 0.0546. The molecule has 0 atom stereocenters.